The third kappa shape index (κ3) is 7.79. The second kappa shape index (κ2) is 9.53. The van der Waals surface area contributed by atoms with Gasteiger partial charge in [-0.1, -0.05) is 38.7 Å². The second-order valence-corrected chi connectivity index (χ2v) is 3.37. The Balaban J connectivity index is 0.000000310. The van der Waals surface area contributed by atoms with Crippen LogP contribution in [0.5, 0.6) is 0 Å². The van der Waals surface area contributed by atoms with Gasteiger partial charge in [0.1, 0.15) is 0 Å². The van der Waals surface area contributed by atoms with Crippen LogP contribution in [0.15, 0.2) is 25.3 Å². The highest BCUT2D eigenvalue weighted by molar-refractivity contribution is 4.88. The van der Waals surface area contributed by atoms with Gasteiger partial charge in [-0.2, -0.15) is 0 Å². The minimum Gasteiger partial charge on any atom is -0.303 e. The van der Waals surface area contributed by atoms with Crippen LogP contribution < -0.4 is 0 Å². The zero-order valence-electron chi connectivity index (χ0n) is 8.97. The minimum absolute atomic E-state index is 1.32. The summed E-state index contributed by atoms with van der Waals surface area (Å²) in [5.41, 5.74) is 0. The molecule has 0 N–H and O–H groups in total. The average Bonchev–Trinajstić information content (AvgIpc) is 2.20. The van der Waals surface area contributed by atoms with Crippen LogP contribution in [0.25, 0.3) is 0 Å². The van der Waals surface area contributed by atoms with E-state index >= 15 is 0 Å². The van der Waals surface area contributed by atoms with Crippen LogP contribution in [-0.2, 0) is 0 Å². The predicted molar refractivity (Wildman–Crippen MR) is 61.0 cm³/mol. The number of likely N-dealkylation sites (tertiary alicyclic amines) is 1. The van der Waals surface area contributed by atoms with E-state index < -0.39 is 0 Å². The van der Waals surface area contributed by atoms with E-state index in [1.807, 2.05) is 0 Å². The van der Waals surface area contributed by atoms with Gasteiger partial charge < -0.3 is 4.90 Å². The maximum atomic E-state index is 3.36. The molecule has 1 heteroatoms. The molecule has 1 nitrogen and oxygen atoms in total. The Kier molecular flexibility index (Phi) is 9.12. The lowest BCUT2D eigenvalue weighted by atomic mass is 10.1. The summed E-state index contributed by atoms with van der Waals surface area (Å²) < 4.78 is 0. The summed E-state index contributed by atoms with van der Waals surface area (Å²) in [6.07, 6.45) is 8.92. The Morgan fingerprint density at radius 3 is 2.00 bits per heavy atom. The lowest BCUT2D eigenvalue weighted by molar-refractivity contribution is 0.229. The van der Waals surface area contributed by atoms with Crippen molar-refractivity contribution >= 4 is 0 Å². The van der Waals surface area contributed by atoms with Gasteiger partial charge in [0.2, 0.25) is 0 Å². The Labute approximate surface area is 83.1 Å². The number of hydrogen-bond donors (Lipinski definition) is 0. The van der Waals surface area contributed by atoms with Crippen molar-refractivity contribution in [2.24, 2.45) is 0 Å². The first kappa shape index (κ1) is 12.4. The van der Waals surface area contributed by atoms with Crippen LogP contribution in [0.2, 0.25) is 0 Å². The van der Waals surface area contributed by atoms with E-state index in [1.54, 1.807) is 12.2 Å². The van der Waals surface area contributed by atoms with E-state index in [1.165, 1.54) is 45.3 Å². The third-order valence-corrected chi connectivity index (χ3v) is 2.16. The quantitative estimate of drug-likeness (QED) is 0.604. The van der Waals surface area contributed by atoms with Crippen LogP contribution in [0.1, 0.15) is 32.6 Å². The molecule has 0 radical (unpaired) electrons. The highest BCUT2D eigenvalue weighted by Gasteiger charge is 2.07. The van der Waals surface area contributed by atoms with Crippen molar-refractivity contribution < 1.29 is 0 Å². The number of piperidine rings is 1. The molecule has 1 aliphatic rings. The van der Waals surface area contributed by atoms with Gasteiger partial charge in [0.25, 0.3) is 0 Å². The molecular formula is C12H23N. The molecule has 0 spiro atoms. The zero-order valence-corrected chi connectivity index (χ0v) is 8.97. The first-order chi connectivity index (χ1) is 6.35. The summed E-state index contributed by atoms with van der Waals surface area (Å²) in [5, 5.41) is 0. The van der Waals surface area contributed by atoms with E-state index in [0.717, 1.165) is 0 Å². The number of allylic oxidation sites excluding steroid dienone is 2. The highest BCUT2D eigenvalue weighted by atomic mass is 15.1. The molecule has 1 fully saturated rings. The summed E-state index contributed by atoms with van der Waals surface area (Å²) in [6.45, 7) is 13.0. The Morgan fingerprint density at radius 2 is 1.62 bits per heavy atom. The van der Waals surface area contributed by atoms with Crippen LogP contribution in [-0.4, -0.2) is 24.5 Å². The molecule has 0 aliphatic carbocycles. The Morgan fingerprint density at radius 1 is 1.08 bits per heavy atom. The molecular weight excluding hydrogens is 158 g/mol. The summed E-state index contributed by atoms with van der Waals surface area (Å²) in [5.74, 6) is 0. The Bertz CT molecular complexity index is 114. The lowest BCUT2D eigenvalue weighted by Gasteiger charge is -2.25. The van der Waals surface area contributed by atoms with E-state index in [0.29, 0.717) is 0 Å². The van der Waals surface area contributed by atoms with Gasteiger partial charge >= 0.3 is 0 Å². The first-order valence-corrected chi connectivity index (χ1v) is 5.31. The molecule has 13 heavy (non-hydrogen) atoms. The zero-order chi connectivity index (χ0) is 9.94. The van der Waals surface area contributed by atoms with Gasteiger partial charge in [-0.15, -0.1) is 0 Å². The topological polar surface area (TPSA) is 3.24 Å². The third-order valence-electron chi connectivity index (χ3n) is 2.16. The van der Waals surface area contributed by atoms with Crippen LogP contribution >= 0.6 is 0 Å². The molecule has 0 aromatic heterocycles. The van der Waals surface area contributed by atoms with E-state index in [-0.39, 0.29) is 0 Å². The van der Waals surface area contributed by atoms with Crippen LogP contribution in [0.4, 0.5) is 0 Å². The average molecular weight is 181 g/mol. The first-order valence-electron chi connectivity index (χ1n) is 5.31. The van der Waals surface area contributed by atoms with E-state index in [4.69, 9.17) is 0 Å². The molecule has 76 valence electrons. The van der Waals surface area contributed by atoms with Gasteiger partial charge in [-0.05, 0) is 38.9 Å². The van der Waals surface area contributed by atoms with Crippen molar-refractivity contribution in [2.75, 3.05) is 19.6 Å². The standard InChI is InChI=1S/C8H17N.C4H6/c1-2-6-9-7-4-3-5-8-9;1-3-4-2/h2-8H2,1H3;3-4H,1-2H2. The van der Waals surface area contributed by atoms with Crippen LogP contribution in [0, 0.1) is 0 Å². The van der Waals surface area contributed by atoms with Crippen LogP contribution in [0.3, 0.4) is 0 Å². The number of hydrogen-bond acceptors (Lipinski definition) is 1. The molecule has 1 saturated heterocycles. The smallest absolute Gasteiger partial charge is 0.00187 e. The van der Waals surface area contributed by atoms with Crippen molar-refractivity contribution in [3.8, 4) is 0 Å². The van der Waals surface area contributed by atoms with Crippen molar-refractivity contribution in [3.63, 3.8) is 0 Å². The largest absolute Gasteiger partial charge is 0.303 e. The summed E-state index contributed by atoms with van der Waals surface area (Å²) >= 11 is 0. The lowest BCUT2D eigenvalue weighted by Crippen LogP contribution is -2.30. The number of nitrogens with zero attached hydrogens (tertiary/aromatic N) is 1. The molecule has 0 bridgehead atoms. The second-order valence-electron chi connectivity index (χ2n) is 3.37. The molecule has 0 atom stereocenters. The van der Waals surface area contributed by atoms with Crippen molar-refractivity contribution in [1.82, 2.24) is 4.90 Å². The van der Waals surface area contributed by atoms with E-state index in [2.05, 4.69) is 25.0 Å². The molecule has 0 aromatic rings. The van der Waals surface area contributed by atoms with Gasteiger partial charge in [0, 0.05) is 0 Å². The minimum atomic E-state index is 1.32. The highest BCUT2D eigenvalue weighted by Crippen LogP contribution is 2.07. The van der Waals surface area contributed by atoms with Crippen molar-refractivity contribution in [2.45, 2.75) is 32.6 Å². The maximum absolute atomic E-state index is 3.36. The molecule has 1 heterocycles. The Hall–Kier alpha value is -0.560. The fourth-order valence-electron chi connectivity index (χ4n) is 1.50. The molecule has 0 unspecified atom stereocenters. The number of rotatable bonds is 3. The van der Waals surface area contributed by atoms with Gasteiger partial charge in [0.15, 0.2) is 0 Å². The fraction of sp³-hybridized carbons (Fsp3) is 0.667. The molecule has 1 aliphatic heterocycles. The molecule has 0 saturated carbocycles. The van der Waals surface area contributed by atoms with Gasteiger partial charge in [0.05, 0.1) is 0 Å². The summed E-state index contributed by atoms with van der Waals surface area (Å²) in [4.78, 5) is 2.57. The summed E-state index contributed by atoms with van der Waals surface area (Å²) in [6, 6.07) is 0. The van der Waals surface area contributed by atoms with Crippen molar-refractivity contribution in [1.29, 1.82) is 0 Å². The summed E-state index contributed by atoms with van der Waals surface area (Å²) in [7, 11) is 0. The molecule has 0 aromatic carbocycles. The van der Waals surface area contributed by atoms with Gasteiger partial charge in [-0.25, -0.2) is 0 Å². The molecule has 1 rings (SSSR count). The van der Waals surface area contributed by atoms with Crippen molar-refractivity contribution in [3.05, 3.63) is 25.3 Å². The fourth-order valence-corrected chi connectivity index (χ4v) is 1.50. The normalized spacial score (nSPS) is 17.0. The predicted octanol–water partition coefficient (Wildman–Crippen LogP) is 3.24. The van der Waals surface area contributed by atoms with E-state index in [9.17, 15) is 0 Å². The molecule has 0 amide bonds. The maximum Gasteiger partial charge on any atom is -0.00187 e. The van der Waals surface area contributed by atoms with Gasteiger partial charge in [-0.3, -0.25) is 0 Å². The monoisotopic (exact) mass is 181 g/mol. The SMILES string of the molecule is C=CC=C.CCCN1CCCCC1.